The van der Waals surface area contributed by atoms with Crippen molar-refractivity contribution >= 4 is 11.6 Å². The molecule has 1 aliphatic rings. The molecule has 1 unspecified atom stereocenters. The molecule has 0 amide bonds. The number of allylic oxidation sites excluding steroid dienone is 1. The summed E-state index contributed by atoms with van der Waals surface area (Å²) in [5, 5.41) is 2.56. The highest BCUT2D eigenvalue weighted by Crippen LogP contribution is 2.08. The van der Waals surface area contributed by atoms with E-state index in [1.165, 1.54) is 16.0 Å². The van der Waals surface area contributed by atoms with E-state index in [1.807, 2.05) is 6.92 Å². The van der Waals surface area contributed by atoms with Crippen molar-refractivity contribution in [3.05, 3.63) is 46.9 Å². The summed E-state index contributed by atoms with van der Waals surface area (Å²) < 4.78 is 5.69. The molecule has 0 fully saturated rings. The van der Waals surface area contributed by atoms with Gasteiger partial charge in [-0.25, -0.2) is 0 Å². The Kier molecular flexibility index (Phi) is 3.02. The number of benzene rings is 1. The van der Waals surface area contributed by atoms with Crippen LogP contribution in [0.4, 0.5) is 0 Å². The molecule has 78 valence electrons. The molecule has 2 rings (SSSR count). The summed E-state index contributed by atoms with van der Waals surface area (Å²) in [6, 6.07) is 8.43. The molecule has 0 bridgehead atoms. The molecule has 0 heterocycles. The molecule has 1 heteroatoms. The molecular weight excluding hydrogens is 184 g/mol. The minimum absolute atomic E-state index is 0.120. The van der Waals surface area contributed by atoms with Gasteiger partial charge < -0.3 is 4.74 Å². The van der Waals surface area contributed by atoms with Gasteiger partial charge in [0.1, 0.15) is 0 Å². The highest BCUT2D eigenvalue weighted by molar-refractivity contribution is 5.56. The smallest absolute Gasteiger partial charge is 0.0975 e. The lowest BCUT2D eigenvalue weighted by atomic mass is 10.1. The Morgan fingerprint density at radius 2 is 2.07 bits per heavy atom. The van der Waals surface area contributed by atoms with Gasteiger partial charge in [-0.2, -0.15) is 0 Å². The van der Waals surface area contributed by atoms with Gasteiger partial charge >= 0.3 is 0 Å². The fourth-order valence-corrected chi connectivity index (χ4v) is 1.92. The van der Waals surface area contributed by atoms with Crippen LogP contribution >= 0.6 is 0 Å². The van der Waals surface area contributed by atoms with Crippen molar-refractivity contribution in [1.29, 1.82) is 0 Å². The molecule has 0 N–H and O–H groups in total. The summed E-state index contributed by atoms with van der Waals surface area (Å²) >= 11 is 0. The average molecular weight is 200 g/mol. The second-order valence-corrected chi connectivity index (χ2v) is 3.70. The van der Waals surface area contributed by atoms with E-state index in [-0.39, 0.29) is 6.10 Å². The molecule has 15 heavy (non-hydrogen) atoms. The third-order valence-electron chi connectivity index (χ3n) is 2.72. The van der Waals surface area contributed by atoms with Crippen LogP contribution in [-0.4, -0.2) is 12.7 Å². The molecular formula is C14H16O. The fourth-order valence-electron chi connectivity index (χ4n) is 1.92. The summed E-state index contributed by atoms with van der Waals surface area (Å²) in [4.78, 5) is 0. The van der Waals surface area contributed by atoms with Crippen LogP contribution in [0.5, 0.6) is 0 Å². The van der Waals surface area contributed by atoms with Crippen molar-refractivity contribution in [3.8, 4) is 0 Å². The predicted molar refractivity (Wildman–Crippen MR) is 63.8 cm³/mol. The standard InChI is InChI=1S/C14H16O/c1-3-15-14-10-6-8-12-7-4-5-9-13(12)11(14)2/h4-10,14H,3H2,1-2H3. The van der Waals surface area contributed by atoms with Crippen molar-refractivity contribution < 1.29 is 4.74 Å². The lowest BCUT2D eigenvalue weighted by Gasteiger charge is -2.12. The van der Waals surface area contributed by atoms with Crippen LogP contribution in [0, 0.1) is 0 Å². The molecule has 1 aromatic carbocycles. The Labute approximate surface area is 90.4 Å². The van der Waals surface area contributed by atoms with E-state index in [0.29, 0.717) is 0 Å². The highest BCUT2D eigenvalue weighted by Gasteiger charge is 2.08. The Bertz CT molecular complexity index is 482. The number of hydrogen-bond donors (Lipinski definition) is 0. The topological polar surface area (TPSA) is 9.23 Å². The highest BCUT2D eigenvalue weighted by atomic mass is 16.5. The van der Waals surface area contributed by atoms with E-state index < -0.39 is 0 Å². The second kappa shape index (κ2) is 4.45. The minimum Gasteiger partial charge on any atom is -0.370 e. The van der Waals surface area contributed by atoms with Gasteiger partial charge in [0.2, 0.25) is 0 Å². The van der Waals surface area contributed by atoms with Gasteiger partial charge in [-0.15, -0.1) is 0 Å². The molecule has 0 aliphatic heterocycles. The predicted octanol–water partition coefficient (Wildman–Crippen LogP) is 1.61. The zero-order chi connectivity index (χ0) is 10.7. The summed E-state index contributed by atoms with van der Waals surface area (Å²) in [6.07, 6.45) is 6.45. The monoisotopic (exact) mass is 200 g/mol. The molecule has 0 spiro atoms. The van der Waals surface area contributed by atoms with Gasteiger partial charge in [-0.1, -0.05) is 42.5 Å². The molecule has 1 atom stereocenters. The number of ether oxygens (including phenoxy) is 1. The number of hydrogen-bond acceptors (Lipinski definition) is 1. The van der Waals surface area contributed by atoms with Gasteiger partial charge in [0.05, 0.1) is 6.10 Å². The van der Waals surface area contributed by atoms with Crippen molar-refractivity contribution in [2.45, 2.75) is 20.0 Å². The summed E-state index contributed by atoms with van der Waals surface area (Å²) in [5.41, 5.74) is 1.29. The van der Waals surface area contributed by atoms with E-state index in [2.05, 4.69) is 49.4 Å². The van der Waals surface area contributed by atoms with E-state index in [4.69, 9.17) is 4.74 Å². The number of rotatable bonds is 2. The fraction of sp³-hybridized carbons (Fsp3) is 0.286. The Hall–Kier alpha value is -1.34. The van der Waals surface area contributed by atoms with Crippen LogP contribution in [0.1, 0.15) is 13.8 Å². The maximum Gasteiger partial charge on any atom is 0.0975 e. The van der Waals surface area contributed by atoms with E-state index >= 15 is 0 Å². The first kappa shape index (κ1) is 10.2. The molecule has 0 aromatic heterocycles. The first-order chi connectivity index (χ1) is 7.33. The minimum atomic E-state index is 0.120. The molecule has 0 saturated carbocycles. The van der Waals surface area contributed by atoms with E-state index in [0.717, 1.165) is 6.61 Å². The maximum absolute atomic E-state index is 5.69. The molecule has 1 nitrogen and oxygen atoms in total. The van der Waals surface area contributed by atoms with Gasteiger partial charge in [0.25, 0.3) is 0 Å². The largest absolute Gasteiger partial charge is 0.370 e. The van der Waals surface area contributed by atoms with Crippen LogP contribution in [0.25, 0.3) is 11.6 Å². The van der Waals surface area contributed by atoms with Crippen molar-refractivity contribution in [2.75, 3.05) is 6.61 Å². The lowest BCUT2D eigenvalue weighted by molar-refractivity contribution is 0.133. The quantitative estimate of drug-likeness (QED) is 0.705. The van der Waals surface area contributed by atoms with Crippen molar-refractivity contribution in [3.63, 3.8) is 0 Å². The van der Waals surface area contributed by atoms with Crippen LogP contribution < -0.4 is 10.4 Å². The average Bonchev–Trinajstić information content (AvgIpc) is 2.41. The van der Waals surface area contributed by atoms with E-state index in [9.17, 15) is 0 Å². The van der Waals surface area contributed by atoms with Crippen LogP contribution in [0.3, 0.4) is 0 Å². The molecule has 1 aliphatic carbocycles. The van der Waals surface area contributed by atoms with Gasteiger partial charge in [0, 0.05) is 6.61 Å². The van der Waals surface area contributed by atoms with Crippen molar-refractivity contribution in [1.82, 2.24) is 0 Å². The van der Waals surface area contributed by atoms with Crippen molar-refractivity contribution in [2.24, 2.45) is 0 Å². The summed E-state index contributed by atoms with van der Waals surface area (Å²) in [7, 11) is 0. The van der Waals surface area contributed by atoms with Gasteiger partial charge in [-0.3, -0.25) is 0 Å². The van der Waals surface area contributed by atoms with Crippen LogP contribution in [0.15, 0.2) is 36.4 Å². The zero-order valence-electron chi connectivity index (χ0n) is 9.23. The van der Waals surface area contributed by atoms with Crippen LogP contribution in [-0.2, 0) is 4.74 Å². The molecule has 0 radical (unpaired) electrons. The normalized spacial score (nSPS) is 19.3. The second-order valence-electron chi connectivity index (χ2n) is 3.70. The lowest BCUT2D eigenvalue weighted by Crippen LogP contribution is -2.28. The van der Waals surface area contributed by atoms with E-state index in [1.54, 1.807) is 0 Å². The first-order valence-electron chi connectivity index (χ1n) is 5.39. The number of fused-ring (bicyclic) bond motifs is 1. The Balaban J connectivity index is 2.60. The third-order valence-corrected chi connectivity index (χ3v) is 2.72. The van der Waals surface area contributed by atoms with Gasteiger partial charge in [-0.05, 0) is 29.9 Å². The first-order valence-corrected chi connectivity index (χ1v) is 5.39. The van der Waals surface area contributed by atoms with Crippen LogP contribution in [0.2, 0.25) is 0 Å². The molecule has 1 aromatic rings. The molecule has 0 saturated heterocycles. The summed E-state index contributed by atoms with van der Waals surface area (Å²) in [6.45, 7) is 4.92. The SMILES string of the molecule is CCOC1C=CC=c2ccccc2=C1C. The van der Waals surface area contributed by atoms with Gasteiger partial charge in [0.15, 0.2) is 0 Å². The third kappa shape index (κ3) is 2.02. The Morgan fingerprint density at radius 1 is 1.27 bits per heavy atom. The zero-order valence-corrected chi connectivity index (χ0v) is 9.23. The Morgan fingerprint density at radius 3 is 2.87 bits per heavy atom. The maximum atomic E-state index is 5.69. The summed E-state index contributed by atoms with van der Waals surface area (Å²) in [5.74, 6) is 0.